The molecule has 0 aliphatic carbocycles. The molecule has 1 heterocycles. The predicted octanol–water partition coefficient (Wildman–Crippen LogP) is 2.37. The minimum Gasteiger partial charge on any atom is -0.508 e. The van der Waals surface area contributed by atoms with Crippen molar-refractivity contribution in [3.8, 4) is 5.75 Å². The summed E-state index contributed by atoms with van der Waals surface area (Å²) in [5.41, 5.74) is 1.06. The van der Waals surface area contributed by atoms with Gasteiger partial charge in [-0.05, 0) is 44.0 Å². The Hall–Kier alpha value is -1.22. The first-order chi connectivity index (χ1) is 7.24. The Balaban J connectivity index is 1.93. The molecule has 2 rings (SSSR count). The molecule has 0 spiro atoms. The highest BCUT2D eigenvalue weighted by Crippen LogP contribution is 2.20. The Morgan fingerprint density at radius 2 is 2.07 bits per heavy atom. The van der Waals surface area contributed by atoms with Gasteiger partial charge in [0.15, 0.2) is 0 Å². The minimum atomic E-state index is 0.306. The summed E-state index contributed by atoms with van der Waals surface area (Å²) < 4.78 is 5.48. The van der Waals surface area contributed by atoms with E-state index in [0.29, 0.717) is 17.9 Å². The summed E-state index contributed by atoms with van der Waals surface area (Å²) >= 11 is 0. The number of nitrogens with one attached hydrogen (secondary N) is 1. The number of hydrogen-bond donors (Lipinski definition) is 2. The third-order valence-corrected chi connectivity index (χ3v) is 2.72. The molecule has 0 amide bonds. The van der Waals surface area contributed by atoms with Crippen LogP contribution in [-0.4, -0.2) is 23.9 Å². The van der Waals surface area contributed by atoms with Crippen molar-refractivity contribution < 1.29 is 9.84 Å². The van der Waals surface area contributed by atoms with Gasteiger partial charge in [-0.2, -0.15) is 0 Å². The van der Waals surface area contributed by atoms with Crippen LogP contribution in [0.25, 0.3) is 0 Å². The summed E-state index contributed by atoms with van der Waals surface area (Å²) in [5.74, 6) is 0.306. The lowest BCUT2D eigenvalue weighted by atomic mass is 10.0. The smallest absolute Gasteiger partial charge is 0.115 e. The van der Waals surface area contributed by atoms with Crippen LogP contribution in [0.3, 0.4) is 0 Å². The van der Waals surface area contributed by atoms with Crippen LogP contribution < -0.4 is 5.32 Å². The average molecular weight is 207 g/mol. The van der Waals surface area contributed by atoms with Gasteiger partial charge in [-0.25, -0.2) is 0 Å². The fourth-order valence-electron chi connectivity index (χ4n) is 1.92. The Bertz CT molecular complexity index is 310. The Morgan fingerprint density at radius 3 is 2.73 bits per heavy atom. The Kier molecular flexibility index (Phi) is 3.11. The van der Waals surface area contributed by atoms with Gasteiger partial charge >= 0.3 is 0 Å². The lowest BCUT2D eigenvalue weighted by Gasteiger charge is -2.28. The van der Waals surface area contributed by atoms with Crippen LogP contribution in [0.1, 0.15) is 19.8 Å². The molecule has 2 N–H and O–H groups in total. The van der Waals surface area contributed by atoms with Crippen molar-refractivity contribution in [1.82, 2.24) is 0 Å². The molecule has 15 heavy (non-hydrogen) atoms. The molecule has 2 unspecified atom stereocenters. The van der Waals surface area contributed by atoms with Crippen LogP contribution >= 0.6 is 0 Å². The number of rotatable bonds is 2. The first-order valence-corrected chi connectivity index (χ1v) is 5.41. The number of phenolic OH excluding ortho intramolecular Hbond substituents is 1. The standard InChI is InChI=1S/C12H17NO2/c1-9-8-11(6-7-15-9)13-10-2-4-12(14)5-3-10/h2-5,9,11,13-14H,6-8H2,1H3. The largest absolute Gasteiger partial charge is 0.508 e. The van der Waals surface area contributed by atoms with Gasteiger partial charge in [-0.3, -0.25) is 0 Å². The lowest BCUT2D eigenvalue weighted by molar-refractivity contribution is 0.0232. The summed E-state index contributed by atoms with van der Waals surface area (Å²) in [6.45, 7) is 2.93. The molecule has 3 heteroatoms. The van der Waals surface area contributed by atoms with Gasteiger partial charge in [0.05, 0.1) is 6.10 Å². The van der Waals surface area contributed by atoms with Crippen molar-refractivity contribution in [2.45, 2.75) is 31.9 Å². The fraction of sp³-hybridized carbons (Fsp3) is 0.500. The van der Waals surface area contributed by atoms with Crippen LogP contribution in [0.15, 0.2) is 24.3 Å². The van der Waals surface area contributed by atoms with Gasteiger partial charge in [0.25, 0.3) is 0 Å². The van der Waals surface area contributed by atoms with Crippen molar-refractivity contribution in [3.05, 3.63) is 24.3 Å². The highest BCUT2D eigenvalue weighted by Gasteiger charge is 2.18. The van der Waals surface area contributed by atoms with E-state index in [1.165, 1.54) is 0 Å². The number of benzene rings is 1. The van der Waals surface area contributed by atoms with E-state index in [2.05, 4.69) is 12.2 Å². The van der Waals surface area contributed by atoms with Crippen LogP contribution in [-0.2, 0) is 4.74 Å². The quantitative estimate of drug-likeness (QED) is 0.731. The fourth-order valence-corrected chi connectivity index (χ4v) is 1.92. The number of hydrogen-bond acceptors (Lipinski definition) is 3. The molecule has 1 aromatic rings. The van der Waals surface area contributed by atoms with Crippen LogP contribution in [0.4, 0.5) is 5.69 Å². The molecule has 1 aliphatic heterocycles. The molecular weight excluding hydrogens is 190 g/mol. The first-order valence-electron chi connectivity index (χ1n) is 5.41. The molecule has 1 aliphatic rings. The summed E-state index contributed by atoms with van der Waals surface area (Å²) in [6, 6.07) is 7.68. The third kappa shape index (κ3) is 2.86. The molecule has 1 aromatic carbocycles. The van der Waals surface area contributed by atoms with E-state index in [1.54, 1.807) is 12.1 Å². The van der Waals surface area contributed by atoms with Crippen molar-refractivity contribution in [2.75, 3.05) is 11.9 Å². The zero-order chi connectivity index (χ0) is 10.7. The van der Waals surface area contributed by atoms with Crippen molar-refractivity contribution in [1.29, 1.82) is 0 Å². The first kappa shape index (κ1) is 10.3. The highest BCUT2D eigenvalue weighted by atomic mass is 16.5. The molecule has 0 bridgehead atoms. The second kappa shape index (κ2) is 4.53. The Morgan fingerprint density at radius 1 is 1.33 bits per heavy atom. The second-order valence-corrected chi connectivity index (χ2v) is 4.09. The highest BCUT2D eigenvalue weighted by molar-refractivity contribution is 5.46. The number of phenols is 1. The van der Waals surface area contributed by atoms with Gasteiger partial charge in [0, 0.05) is 18.3 Å². The molecule has 1 saturated heterocycles. The van der Waals surface area contributed by atoms with Crippen molar-refractivity contribution >= 4 is 5.69 Å². The van der Waals surface area contributed by atoms with Gasteiger partial charge < -0.3 is 15.2 Å². The maximum Gasteiger partial charge on any atom is 0.115 e. The van der Waals surface area contributed by atoms with E-state index in [-0.39, 0.29) is 0 Å². The normalized spacial score (nSPS) is 26.2. The van der Waals surface area contributed by atoms with Crippen molar-refractivity contribution in [3.63, 3.8) is 0 Å². The summed E-state index contributed by atoms with van der Waals surface area (Å²) in [5, 5.41) is 12.6. The van der Waals surface area contributed by atoms with Crippen LogP contribution in [0.5, 0.6) is 5.75 Å². The maximum absolute atomic E-state index is 9.16. The van der Waals surface area contributed by atoms with E-state index in [4.69, 9.17) is 9.84 Å². The van der Waals surface area contributed by atoms with Crippen molar-refractivity contribution in [2.24, 2.45) is 0 Å². The number of aromatic hydroxyl groups is 1. The van der Waals surface area contributed by atoms with E-state index in [0.717, 1.165) is 25.1 Å². The van der Waals surface area contributed by atoms with E-state index in [9.17, 15) is 0 Å². The second-order valence-electron chi connectivity index (χ2n) is 4.09. The molecule has 0 radical (unpaired) electrons. The molecule has 82 valence electrons. The molecule has 1 fully saturated rings. The van der Waals surface area contributed by atoms with Crippen LogP contribution in [0, 0.1) is 0 Å². The number of ether oxygens (including phenoxy) is 1. The molecular formula is C12H17NO2. The molecule has 2 atom stereocenters. The van der Waals surface area contributed by atoms with Gasteiger partial charge in [0.2, 0.25) is 0 Å². The summed E-state index contributed by atoms with van der Waals surface area (Å²) in [6.07, 6.45) is 2.43. The Labute approximate surface area is 90.1 Å². The number of anilines is 1. The van der Waals surface area contributed by atoms with Gasteiger partial charge in [-0.1, -0.05) is 0 Å². The topological polar surface area (TPSA) is 41.5 Å². The summed E-state index contributed by atoms with van der Waals surface area (Å²) in [7, 11) is 0. The molecule has 0 saturated carbocycles. The lowest BCUT2D eigenvalue weighted by Crippen LogP contribution is -2.32. The van der Waals surface area contributed by atoms with E-state index < -0.39 is 0 Å². The predicted molar refractivity (Wildman–Crippen MR) is 60.2 cm³/mol. The molecule has 3 nitrogen and oxygen atoms in total. The minimum absolute atomic E-state index is 0.306. The molecule has 0 aromatic heterocycles. The average Bonchev–Trinajstić information content (AvgIpc) is 2.22. The van der Waals surface area contributed by atoms with Gasteiger partial charge in [0.1, 0.15) is 5.75 Å². The third-order valence-electron chi connectivity index (χ3n) is 2.72. The van der Waals surface area contributed by atoms with E-state index >= 15 is 0 Å². The SMILES string of the molecule is CC1CC(Nc2ccc(O)cc2)CCO1. The van der Waals surface area contributed by atoms with Gasteiger partial charge in [-0.15, -0.1) is 0 Å². The van der Waals surface area contributed by atoms with E-state index in [1.807, 2.05) is 12.1 Å². The zero-order valence-corrected chi connectivity index (χ0v) is 8.94. The monoisotopic (exact) mass is 207 g/mol. The van der Waals surface area contributed by atoms with Crippen LogP contribution in [0.2, 0.25) is 0 Å². The zero-order valence-electron chi connectivity index (χ0n) is 8.94. The summed E-state index contributed by atoms with van der Waals surface area (Å²) in [4.78, 5) is 0. The maximum atomic E-state index is 9.16.